The number of amides is 1. The smallest absolute Gasteiger partial charge is 0.254 e. The lowest BCUT2D eigenvalue weighted by Crippen LogP contribution is -2.49. The SMILES string of the molecule is Cc1ccccc1C(=O)N1CCN(c2ccc(N3CCN(C)CC3)cc2)CC1. The molecule has 2 fully saturated rings. The van der Waals surface area contributed by atoms with Crippen LogP contribution in [-0.4, -0.2) is 75.1 Å². The molecule has 4 rings (SSSR count). The standard InChI is InChI=1S/C23H30N4O/c1-19-5-3-4-6-22(19)23(28)27-17-15-26(16-18-27)21-9-7-20(8-10-21)25-13-11-24(2)12-14-25/h3-10H,11-18H2,1-2H3. The predicted octanol–water partition coefficient (Wildman–Crippen LogP) is 2.71. The summed E-state index contributed by atoms with van der Waals surface area (Å²) in [6.07, 6.45) is 0. The van der Waals surface area contributed by atoms with Crippen molar-refractivity contribution in [2.75, 3.05) is 69.2 Å². The van der Waals surface area contributed by atoms with Gasteiger partial charge in [0.1, 0.15) is 0 Å². The third-order valence-electron chi connectivity index (χ3n) is 6.03. The number of piperazine rings is 2. The van der Waals surface area contributed by atoms with Gasteiger partial charge in [-0.1, -0.05) is 18.2 Å². The zero-order chi connectivity index (χ0) is 19.5. The molecule has 0 aromatic heterocycles. The number of anilines is 2. The summed E-state index contributed by atoms with van der Waals surface area (Å²) >= 11 is 0. The average Bonchev–Trinajstić information content (AvgIpc) is 2.74. The highest BCUT2D eigenvalue weighted by Gasteiger charge is 2.23. The van der Waals surface area contributed by atoms with Crippen LogP contribution in [-0.2, 0) is 0 Å². The molecule has 28 heavy (non-hydrogen) atoms. The maximum Gasteiger partial charge on any atom is 0.254 e. The Morgan fingerprint density at radius 2 is 1.21 bits per heavy atom. The molecule has 0 spiro atoms. The Kier molecular flexibility index (Phi) is 5.53. The molecule has 0 unspecified atom stereocenters. The van der Waals surface area contributed by atoms with Gasteiger partial charge in [-0.05, 0) is 49.9 Å². The lowest BCUT2D eigenvalue weighted by molar-refractivity contribution is 0.0746. The van der Waals surface area contributed by atoms with E-state index in [4.69, 9.17) is 0 Å². The van der Waals surface area contributed by atoms with Gasteiger partial charge < -0.3 is 19.6 Å². The molecule has 148 valence electrons. The zero-order valence-corrected chi connectivity index (χ0v) is 17.0. The number of carbonyl (C=O) groups is 1. The Balaban J connectivity index is 1.35. The third kappa shape index (κ3) is 3.99. The monoisotopic (exact) mass is 378 g/mol. The minimum Gasteiger partial charge on any atom is -0.369 e. The number of nitrogens with zero attached hydrogens (tertiary/aromatic N) is 4. The van der Waals surface area contributed by atoms with Gasteiger partial charge in [0.05, 0.1) is 0 Å². The zero-order valence-electron chi connectivity index (χ0n) is 17.0. The molecule has 0 atom stereocenters. The topological polar surface area (TPSA) is 30.0 Å². The van der Waals surface area contributed by atoms with Crippen molar-refractivity contribution in [3.05, 3.63) is 59.7 Å². The molecule has 0 N–H and O–H groups in total. The second kappa shape index (κ2) is 8.23. The van der Waals surface area contributed by atoms with E-state index in [0.29, 0.717) is 0 Å². The fourth-order valence-corrected chi connectivity index (χ4v) is 4.09. The maximum atomic E-state index is 12.8. The second-order valence-electron chi connectivity index (χ2n) is 7.90. The van der Waals surface area contributed by atoms with Crippen LogP contribution < -0.4 is 9.80 Å². The lowest BCUT2D eigenvalue weighted by atomic mass is 10.1. The summed E-state index contributed by atoms with van der Waals surface area (Å²) in [5, 5.41) is 0. The van der Waals surface area contributed by atoms with Gasteiger partial charge in [0.15, 0.2) is 0 Å². The Morgan fingerprint density at radius 1 is 0.714 bits per heavy atom. The molecule has 5 heteroatoms. The fourth-order valence-electron chi connectivity index (χ4n) is 4.09. The van der Waals surface area contributed by atoms with E-state index in [-0.39, 0.29) is 5.91 Å². The molecule has 5 nitrogen and oxygen atoms in total. The first kappa shape index (κ1) is 18.8. The molecular formula is C23H30N4O. The van der Waals surface area contributed by atoms with E-state index in [0.717, 1.165) is 63.5 Å². The van der Waals surface area contributed by atoms with Crippen molar-refractivity contribution in [1.82, 2.24) is 9.80 Å². The molecule has 0 aliphatic carbocycles. The van der Waals surface area contributed by atoms with Gasteiger partial charge in [-0.3, -0.25) is 4.79 Å². The molecule has 2 heterocycles. The largest absolute Gasteiger partial charge is 0.369 e. The normalized spacial score (nSPS) is 18.4. The fraction of sp³-hybridized carbons (Fsp3) is 0.435. The number of carbonyl (C=O) groups excluding carboxylic acids is 1. The number of benzene rings is 2. The average molecular weight is 379 g/mol. The Hall–Kier alpha value is -2.53. The van der Waals surface area contributed by atoms with Gasteiger partial charge in [-0.15, -0.1) is 0 Å². The summed E-state index contributed by atoms with van der Waals surface area (Å²) in [7, 11) is 2.18. The van der Waals surface area contributed by atoms with Crippen molar-refractivity contribution in [3.8, 4) is 0 Å². The van der Waals surface area contributed by atoms with E-state index in [9.17, 15) is 4.79 Å². The van der Waals surface area contributed by atoms with Crippen LogP contribution in [0, 0.1) is 6.92 Å². The first-order valence-corrected chi connectivity index (χ1v) is 10.3. The molecule has 2 aromatic rings. The minimum atomic E-state index is 0.156. The first-order chi connectivity index (χ1) is 13.6. The summed E-state index contributed by atoms with van der Waals surface area (Å²) in [6.45, 7) is 9.74. The number of hydrogen-bond donors (Lipinski definition) is 0. The summed E-state index contributed by atoms with van der Waals surface area (Å²) in [4.78, 5) is 22.0. The highest BCUT2D eigenvalue weighted by Crippen LogP contribution is 2.23. The van der Waals surface area contributed by atoms with Crippen LogP contribution in [0.4, 0.5) is 11.4 Å². The number of rotatable bonds is 3. The van der Waals surface area contributed by atoms with E-state index >= 15 is 0 Å². The number of aryl methyl sites for hydroxylation is 1. The predicted molar refractivity (Wildman–Crippen MR) is 115 cm³/mol. The van der Waals surface area contributed by atoms with Crippen LogP contribution in [0.15, 0.2) is 48.5 Å². The highest BCUT2D eigenvalue weighted by molar-refractivity contribution is 5.95. The van der Waals surface area contributed by atoms with Crippen molar-refractivity contribution < 1.29 is 4.79 Å². The summed E-state index contributed by atoms with van der Waals surface area (Å²) in [5.41, 5.74) is 4.44. The van der Waals surface area contributed by atoms with E-state index in [1.54, 1.807) is 0 Å². The van der Waals surface area contributed by atoms with Gasteiger partial charge in [-0.25, -0.2) is 0 Å². The molecule has 2 aromatic carbocycles. The van der Waals surface area contributed by atoms with E-state index in [1.165, 1.54) is 11.4 Å². The highest BCUT2D eigenvalue weighted by atomic mass is 16.2. The quantitative estimate of drug-likeness (QED) is 0.822. The molecule has 0 radical (unpaired) electrons. The van der Waals surface area contributed by atoms with Crippen LogP contribution >= 0.6 is 0 Å². The van der Waals surface area contributed by atoms with Crippen molar-refractivity contribution in [2.45, 2.75) is 6.92 Å². The van der Waals surface area contributed by atoms with Crippen molar-refractivity contribution >= 4 is 17.3 Å². The Bertz CT molecular complexity index is 804. The van der Waals surface area contributed by atoms with Crippen LogP contribution in [0.3, 0.4) is 0 Å². The molecule has 0 saturated carbocycles. The molecule has 0 bridgehead atoms. The van der Waals surface area contributed by atoms with Gasteiger partial charge in [0.2, 0.25) is 0 Å². The van der Waals surface area contributed by atoms with E-state index < -0.39 is 0 Å². The van der Waals surface area contributed by atoms with Gasteiger partial charge in [0, 0.05) is 69.3 Å². The molecule has 2 aliphatic rings. The van der Waals surface area contributed by atoms with Gasteiger partial charge >= 0.3 is 0 Å². The first-order valence-electron chi connectivity index (χ1n) is 10.3. The molecule has 2 aliphatic heterocycles. The Labute approximate surface area is 168 Å². The van der Waals surface area contributed by atoms with Crippen LogP contribution in [0.1, 0.15) is 15.9 Å². The van der Waals surface area contributed by atoms with Crippen LogP contribution in [0.5, 0.6) is 0 Å². The lowest BCUT2D eigenvalue weighted by Gasteiger charge is -2.37. The molecular weight excluding hydrogens is 348 g/mol. The van der Waals surface area contributed by atoms with Crippen LogP contribution in [0.2, 0.25) is 0 Å². The molecule has 1 amide bonds. The summed E-state index contributed by atoms with van der Waals surface area (Å²) in [5.74, 6) is 0.156. The van der Waals surface area contributed by atoms with E-state index in [2.05, 4.69) is 46.0 Å². The third-order valence-corrected chi connectivity index (χ3v) is 6.03. The van der Waals surface area contributed by atoms with Gasteiger partial charge in [0.25, 0.3) is 5.91 Å². The molecule has 2 saturated heterocycles. The Morgan fingerprint density at radius 3 is 1.75 bits per heavy atom. The van der Waals surface area contributed by atoms with Crippen LogP contribution in [0.25, 0.3) is 0 Å². The van der Waals surface area contributed by atoms with Gasteiger partial charge in [-0.2, -0.15) is 0 Å². The maximum absolute atomic E-state index is 12.8. The minimum absolute atomic E-state index is 0.156. The van der Waals surface area contributed by atoms with Crippen molar-refractivity contribution in [2.24, 2.45) is 0 Å². The second-order valence-corrected chi connectivity index (χ2v) is 7.90. The van der Waals surface area contributed by atoms with Crippen molar-refractivity contribution in [1.29, 1.82) is 0 Å². The summed E-state index contributed by atoms with van der Waals surface area (Å²) < 4.78 is 0. The van der Waals surface area contributed by atoms with Crippen molar-refractivity contribution in [3.63, 3.8) is 0 Å². The number of hydrogen-bond acceptors (Lipinski definition) is 4. The summed E-state index contributed by atoms with van der Waals surface area (Å²) in [6, 6.07) is 16.8. The van der Waals surface area contributed by atoms with E-state index in [1.807, 2.05) is 36.1 Å². The number of likely N-dealkylation sites (N-methyl/N-ethyl adjacent to an activating group) is 1.